The zero-order chi connectivity index (χ0) is 14.3. The van der Waals surface area contributed by atoms with Crippen LogP contribution in [0.2, 0.25) is 10.0 Å². The summed E-state index contributed by atoms with van der Waals surface area (Å²) in [6, 6.07) is 5.87. The molecule has 1 rings (SSSR count). The van der Waals surface area contributed by atoms with Crippen molar-refractivity contribution < 1.29 is 9.53 Å². The Balaban J connectivity index is 2.49. The van der Waals surface area contributed by atoms with Crippen molar-refractivity contribution in [3.63, 3.8) is 0 Å². The lowest BCUT2D eigenvalue weighted by molar-refractivity contribution is -0.140. The number of carbonyl (C=O) groups excluding carboxylic acids is 1. The molecule has 1 aromatic carbocycles. The van der Waals surface area contributed by atoms with Crippen LogP contribution in [0.1, 0.15) is 37.8 Å². The Kier molecular flexibility index (Phi) is 7.21. The zero-order valence-electron chi connectivity index (χ0n) is 11.2. The SMILES string of the molecule is CCC(NCCCC(=O)OC)c1ccc(Cl)c(Cl)c1. The van der Waals surface area contributed by atoms with Gasteiger partial charge in [0.15, 0.2) is 0 Å². The first-order valence-corrected chi connectivity index (χ1v) is 7.09. The highest BCUT2D eigenvalue weighted by Gasteiger charge is 2.10. The highest BCUT2D eigenvalue weighted by molar-refractivity contribution is 6.42. The van der Waals surface area contributed by atoms with Crippen LogP contribution in [0.25, 0.3) is 0 Å². The molecule has 0 spiro atoms. The second-order valence-corrected chi connectivity index (χ2v) is 5.08. The number of hydrogen-bond acceptors (Lipinski definition) is 3. The molecule has 5 heteroatoms. The van der Waals surface area contributed by atoms with Crippen molar-refractivity contribution in [3.05, 3.63) is 33.8 Å². The maximum atomic E-state index is 11.0. The van der Waals surface area contributed by atoms with Crippen LogP contribution in [0.3, 0.4) is 0 Å². The van der Waals surface area contributed by atoms with E-state index in [9.17, 15) is 4.79 Å². The molecule has 1 N–H and O–H groups in total. The van der Waals surface area contributed by atoms with E-state index in [1.54, 1.807) is 6.07 Å². The van der Waals surface area contributed by atoms with Gasteiger partial charge in [0.05, 0.1) is 17.2 Å². The second kappa shape index (κ2) is 8.41. The Morgan fingerprint density at radius 3 is 2.68 bits per heavy atom. The first kappa shape index (κ1) is 16.3. The van der Waals surface area contributed by atoms with Gasteiger partial charge in [0.25, 0.3) is 0 Å². The monoisotopic (exact) mass is 303 g/mol. The van der Waals surface area contributed by atoms with Gasteiger partial charge in [-0.3, -0.25) is 4.79 Å². The minimum Gasteiger partial charge on any atom is -0.469 e. The Morgan fingerprint density at radius 2 is 2.11 bits per heavy atom. The fourth-order valence-electron chi connectivity index (χ4n) is 1.84. The van der Waals surface area contributed by atoms with Crippen molar-refractivity contribution in [2.75, 3.05) is 13.7 Å². The molecule has 0 aliphatic heterocycles. The van der Waals surface area contributed by atoms with Gasteiger partial charge < -0.3 is 10.1 Å². The molecule has 0 saturated carbocycles. The molecular formula is C14H19Cl2NO2. The van der Waals surface area contributed by atoms with E-state index in [1.807, 2.05) is 12.1 Å². The molecule has 0 amide bonds. The molecule has 19 heavy (non-hydrogen) atoms. The molecule has 0 radical (unpaired) electrons. The predicted molar refractivity (Wildman–Crippen MR) is 78.7 cm³/mol. The highest BCUT2D eigenvalue weighted by Crippen LogP contribution is 2.26. The molecule has 0 aliphatic rings. The van der Waals surface area contributed by atoms with E-state index in [2.05, 4.69) is 17.0 Å². The topological polar surface area (TPSA) is 38.3 Å². The zero-order valence-corrected chi connectivity index (χ0v) is 12.7. The summed E-state index contributed by atoms with van der Waals surface area (Å²) in [5, 5.41) is 4.53. The lowest BCUT2D eigenvalue weighted by Crippen LogP contribution is -2.22. The van der Waals surface area contributed by atoms with Gasteiger partial charge in [0.2, 0.25) is 0 Å². The molecule has 0 aliphatic carbocycles. The van der Waals surface area contributed by atoms with Crippen molar-refractivity contribution in [2.24, 2.45) is 0 Å². The van der Waals surface area contributed by atoms with Crippen molar-refractivity contribution >= 4 is 29.2 Å². The molecule has 106 valence electrons. The maximum absolute atomic E-state index is 11.0. The average Bonchev–Trinajstić information content (AvgIpc) is 2.42. The van der Waals surface area contributed by atoms with Crippen molar-refractivity contribution in [3.8, 4) is 0 Å². The van der Waals surface area contributed by atoms with Crippen molar-refractivity contribution in [1.29, 1.82) is 0 Å². The fourth-order valence-corrected chi connectivity index (χ4v) is 2.14. The van der Waals surface area contributed by atoms with Crippen LogP contribution in [0.4, 0.5) is 0 Å². The van der Waals surface area contributed by atoms with Crippen LogP contribution in [-0.2, 0) is 9.53 Å². The van der Waals surface area contributed by atoms with Crippen LogP contribution >= 0.6 is 23.2 Å². The Morgan fingerprint density at radius 1 is 1.37 bits per heavy atom. The first-order chi connectivity index (χ1) is 9.08. The van der Waals surface area contributed by atoms with Gasteiger partial charge in [-0.15, -0.1) is 0 Å². The first-order valence-electron chi connectivity index (χ1n) is 6.33. The van der Waals surface area contributed by atoms with Crippen molar-refractivity contribution in [2.45, 2.75) is 32.2 Å². The Hall–Kier alpha value is -0.770. The summed E-state index contributed by atoms with van der Waals surface area (Å²) >= 11 is 11.9. The summed E-state index contributed by atoms with van der Waals surface area (Å²) in [5.74, 6) is -0.176. The standard InChI is InChI=1S/C14H19Cl2NO2/c1-3-13(17-8-4-5-14(18)19-2)10-6-7-11(15)12(16)9-10/h6-7,9,13,17H,3-5,8H2,1-2H3. The Bertz CT molecular complexity index is 424. The van der Waals surface area contributed by atoms with E-state index < -0.39 is 0 Å². The van der Waals surface area contributed by atoms with Gasteiger partial charge in [-0.2, -0.15) is 0 Å². The van der Waals surface area contributed by atoms with Gasteiger partial charge >= 0.3 is 5.97 Å². The summed E-state index contributed by atoms with van der Waals surface area (Å²) in [5.41, 5.74) is 1.11. The summed E-state index contributed by atoms with van der Waals surface area (Å²) in [6.07, 6.45) is 2.13. The van der Waals surface area contributed by atoms with Gasteiger partial charge in [-0.1, -0.05) is 36.2 Å². The number of carbonyl (C=O) groups is 1. The molecular weight excluding hydrogens is 285 g/mol. The largest absolute Gasteiger partial charge is 0.469 e. The maximum Gasteiger partial charge on any atom is 0.305 e. The number of benzene rings is 1. The lowest BCUT2D eigenvalue weighted by Gasteiger charge is -2.17. The summed E-state index contributed by atoms with van der Waals surface area (Å²) in [6.45, 7) is 2.86. The molecule has 0 heterocycles. The third-order valence-electron chi connectivity index (χ3n) is 2.93. The van der Waals surface area contributed by atoms with Crippen molar-refractivity contribution in [1.82, 2.24) is 5.32 Å². The molecule has 0 fully saturated rings. The summed E-state index contributed by atoms with van der Waals surface area (Å²) < 4.78 is 4.60. The van der Waals surface area contributed by atoms with Gasteiger partial charge in [-0.05, 0) is 37.1 Å². The molecule has 1 aromatic rings. The minimum atomic E-state index is -0.176. The van der Waals surface area contributed by atoms with Gasteiger partial charge in [0, 0.05) is 12.5 Å². The van der Waals surface area contributed by atoms with Gasteiger partial charge in [0.1, 0.15) is 0 Å². The average molecular weight is 304 g/mol. The van der Waals surface area contributed by atoms with E-state index >= 15 is 0 Å². The van der Waals surface area contributed by atoms with E-state index in [1.165, 1.54) is 7.11 Å². The Labute approximate surface area is 124 Å². The quantitative estimate of drug-likeness (QED) is 0.611. The molecule has 3 nitrogen and oxygen atoms in total. The molecule has 0 saturated heterocycles. The number of halogens is 2. The number of methoxy groups -OCH3 is 1. The van der Waals surface area contributed by atoms with Crippen LogP contribution in [0.15, 0.2) is 18.2 Å². The number of esters is 1. The summed E-state index contributed by atoms with van der Waals surface area (Å²) in [7, 11) is 1.40. The number of nitrogens with one attached hydrogen (secondary N) is 1. The molecule has 0 aromatic heterocycles. The van der Waals surface area contributed by atoms with E-state index in [4.69, 9.17) is 23.2 Å². The van der Waals surface area contributed by atoms with E-state index in [0.29, 0.717) is 16.5 Å². The molecule has 1 atom stereocenters. The number of hydrogen-bond donors (Lipinski definition) is 1. The van der Waals surface area contributed by atoms with E-state index in [-0.39, 0.29) is 12.0 Å². The smallest absolute Gasteiger partial charge is 0.305 e. The molecule has 1 unspecified atom stereocenters. The van der Waals surface area contributed by atoms with Crippen LogP contribution in [0, 0.1) is 0 Å². The van der Waals surface area contributed by atoms with Crippen LogP contribution in [-0.4, -0.2) is 19.6 Å². The minimum absolute atomic E-state index is 0.176. The third-order valence-corrected chi connectivity index (χ3v) is 3.67. The fraction of sp³-hybridized carbons (Fsp3) is 0.500. The van der Waals surface area contributed by atoms with Crippen LogP contribution in [0.5, 0.6) is 0 Å². The van der Waals surface area contributed by atoms with E-state index in [0.717, 1.165) is 24.9 Å². The van der Waals surface area contributed by atoms with Crippen LogP contribution < -0.4 is 5.32 Å². The lowest BCUT2D eigenvalue weighted by atomic mass is 10.0. The number of ether oxygens (including phenoxy) is 1. The normalized spacial score (nSPS) is 12.2. The predicted octanol–water partition coefficient (Wildman–Crippen LogP) is 3.99. The second-order valence-electron chi connectivity index (χ2n) is 4.27. The number of rotatable bonds is 7. The van der Waals surface area contributed by atoms with Gasteiger partial charge in [-0.25, -0.2) is 0 Å². The third kappa shape index (κ3) is 5.39. The summed E-state index contributed by atoms with van der Waals surface area (Å²) in [4.78, 5) is 11.0. The highest BCUT2D eigenvalue weighted by atomic mass is 35.5. The molecule has 0 bridgehead atoms.